The first-order valence-corrected chi connectivity index (χ1v) is 10.8. The van der Waals surface area contributed by atoms with Crippen LogP contribution in [-0.4, -0.2) is 35.1 Å². The second-order valence-electron chi connectivity index (χ2n) is 9.81. The van der Waals surface area contributed by atoms with Crippen molar-refractivity contribution in [3.05, 3.63) is 23.4 Å². The van der Waals surface area contributed by atoms with Crippen molar-refractivity contribution in [1.29, 1.82) is 0 Å². The average Bonchev–Trinajstić information content (AvgIpc) is 3.51. The first-order chi connectivity index (χ1) is 13.6. The van der Waals surface area contributed by atoms with E-state index in [1.54, 1.807) is 6.07 Å². The number of aromatic nitrogens is 1. The molecule has 0 aromatic carbocycles. The molecule has 0 bridgehead atoms. The lowest BCUT2D eigenvalue weighted by molar-refractivity contribution is -0.157. The quantitative estimate of drug-likeness (QED) is 0.625. The Kier molecular flexibility index (Phi) is 6.49. The van der Waals surface area contributed by atoms with Crippen molar-refractivity contribution in [2.75, 3.05) is 6.61 Å². The number of carbonyl (C=O) groups is 2. The van der Waals surface area contributed by atoms with Crippen LogP contribution in [0.3, 0.4) is 0 Å². The van der Waals surface area contributed by atoms with E-state index in [9.17, 15) is 9.59 Å². The van der Waals surface area contributed by atoms with Crippen LogP contribution in [0.15, 0.2) is 12.1 Å². The SMILES string of the molecule is CC(C)C[C@H](NC(=O)c1ccc(C2CC2)c(OCC2CC2)n1)C(=O)OC(C)(C)C. The second kappa shape index (κ2) is 8.72. The van der Waals surface area contributed by atoms with E-state index in [1.165, 1.54) is 12.8 Å². The van der Waals surface area contributed by atoms with E-state index in [4.69, 9.17) is 9.47 Å². The highest BCUT2D eigenvalue weighted by Crippen LogP contribution is 2.44. The normalized spacial score (nSPS) is 17.7. The summed E-state index contributed by atoms with van der Waals surface area (Å²) >= 11 is 0. The molecule has 3 rings (SSSR count). The van der Waals surface area contributed by atoms with Crippen molar-refractivity contribution in [1.82, 2.24) is 10.3 Å². The van der Waals surface area contributed by atoms with Gasteiger partial charge in [-0.15, -0.1) is 0 Å². The van der Waals surface area contributed by atoms with Gasteiger partial charge in [0.15, 0.2) is 0 Å². The smallest absolute Gasteiger partial charge is 0.329 e. The Bertz CT molecular complexity index is 746. The number of hydrogen-bond donors (Lipinski definition) is 1. The van der Waals surface area contributed by atoms with Crippen LogP contribution in [0.1, 0.15) is 88.7 Å². The van der Waals surface area contributed by atoms with Crippen LogP contribution in [0.2, 0.25) is 0 Å². The molecule has 2 aliphatic carbocycles. The Morgan fingerprint density at radius 2 is 1.86 bits per heavy atom. The Balaban J connectivity index is 1.72. The van der Waals surface area contributed by atoms with Crippen LogP contribution in [0.25, 0.3) is 0 Å². The van der Waals surface area contributed by atoms with E-state index < -0.39 is 17.6 Å². The van der Waals surface area contributed by atoms with Crippen LogP contribution in [0, 0.1) is 11.8 Å². The molecule has 2 saturated carbocycles. The minimum Gasteiger partial charge on any atom is -0.477 e. The molecule has 1 amide bonds. The molecule has 6 nitrogen and oxygen atoms in total. The minimum atomic E-state index is -0.706. The van der Waals surface area contributed by atoms with Crippen LogP contribution < -0.4 is 10.1 Å². The third kappa shape index (κ3) is 6.72. The van der Waals surface area contributed by atoms with Crippen molar-refractivity contribution in [2.45, 2.75) is 84.3 Å². The van der Waals surface area contributed by atoms with E-state index in [-0.39, 0.29) is 17.5 Å². The van der Waals surface area contributed by atoms with E-state index in [0.717, 1.165) is 18.4 Å². The molecule has 0 saturated heterocycles. The zero-order chi connectivity index (χ0) is 21.2. The third-order valence-electron chi connectivity index (χ3n) is 5.00. The van der Waals surface area contributed by atoms with Gasteiger partial charge in [-0.2, -0.15) is 0 Å². The topological polar surface area (TPSA) is 77.5 Å². The monoisotopic (exact) mass is 402 g/mol. The minimum absolute atomic E-state index is 0.232. The van der Waals surface area contributed by atoms with Crippen LogP contribution in [-0.2, 0) is 9.53 Å². The highest BCUT2D eigenvalue weighted by atomic mass is 16.6. The summed E-state index contributed by atoms with van der Waals surface area (Å²) in [5.41, 5.74) is 0.760. The van der Waals surface area contributed by atoms with Crippen LogP contribution >= 0.6 is 0 Å². The summed E-state index contributed by atoms with van der Waals surface area (Å²) in [6.45, 7) is 10.1. The standard InChI is InChI=1S/C23H34N2O4/c1-14(2)12-19(22(27)29-23(3,4)5)24-20(26)18-11-10-17(16-8-9-16)21(25-18)28-13-15-6-7-15/h10-11,14-16,19H,6-9,12-13H2,1-5H3,(H,24,26)/t19-/m0/s1. The lowest BCUT2D eigenvalue weighted by Gasteiger charge is -2.25. The molecule has 1 aromatic heterocycles. The van der Waals surface area contributed by atoms with Crippen molar-refractivity contribution in [3.63, 3.8) is 0 Å². The summed E-state index contributed by atoms with van der Waals surface area (Å²) in [5, 5.41) is 2.82. The number of nitrogens with one attached hydrogen (secondary N) is 1. The summed E-state index contributed by atoms with van der Waals surface area (Å²) < 4.78 is 11.4. The van der Waals surface area contributed by atoms with Gasteiger partial charge in [-0.05, 0) is 76.7 Å². The molecule has 2 aliphatic rings. The number of rotatable bonds is 9. The molecule has 1 atom stereocenters. The molecule has 0 radical (unpaired) electrons. The fourth-order valence-electron chi connectivity index (χ4n) is 3.17. The molecule has 160 valence electrons. The van der Waals surface area contributed by atoms with E-state index in [0.29, 0.717) is 30.7 Å². The fourth-order valence-corrected chi connectivity index (χ4v) is 3.17. The van der Waals surface area contributed by atoms with Gasteiger partial charge in [0.1, 0.15) is 17.3 Å². The first kappa shape index (κ1) is 21.6. The maximum absolute atomic E-state index is 12.9. The molecule has 2 fully saturated rings. The number of pyridine rings is 1. The predicted molar refractivity (Wildman–Crippen MR) is 111 cm³/mol. The molecule has 0 spiro atoms. The number of ether oxygens (including phenoxy) is 2. The zero-order valence-electron chi connectivity index (χ0n) is 18.3. The number of carbonyl (C=O) groups excluding carboxylic acids is 2. The van der Waals surface area contributed by atoms with Gasteiger partial charge in [0.05, 0.1) is 6.61 Å². The van der Waals surface area contributed by atoms with Crippen molar-refractivity contribution < 1.29 is 19.1 Å². The largest absolute Gasteiger partial charge is 0.477 e. The molecule has 6 heteroatoms. The second-order valence-corrected chi connectivity index (χ2v) is 9.81. The van der Waals surface area contributed by atoms with Gasteiger partial charge in [0.2, 0.25) is 5.88 Å². The molecule has 0 aliphatic heterocycles. The highest BCUT2D eigenvalue weighted by molar-refractivity contribution is 5.95. The number of amides is 1. The molecular formula is C23H34N2O4. The van der Waals surface area contributed by atoms with Crippen molar-refractivity contribution >= 4 is 11.9 Å². The molecular weight excluding hydrogens is 368 g/mol. The average molecular weight is 403 g/mol. The summed E-state index contributed by atoms with van der Waals surface area (Å²) in [6, 6.07) is 2.98. The van der Waals surface area contributed by atoms with Crippen LogP contribution in [0.4, 0.5) is 0 Å². The number of hydrogen-bond acceptors (Lipinski definition) is 5. The molecule has 0 unspecified atom stereocenters. The number of nitrogens with zero attached hydrogens (tertiary/aromatic N) is 1. The molecule has 1 aromatic rings. The van der Waals surface area contributed by atoms with Crippen LogP contribution in [0.5, 0.6) is 5.88 Å². The Hall–Kier alpha value is -2.11. The Labute approximate surface area is 173 Å². The van der Waals surface area contributed by atoms with Gasteiger partial charge in [-0.25, -0.2) is 9.78 Å². The maximum Gasteiger partial charge on any atom is 0.329 e. The first-order valence-electron chi connectivity index (χ1n) is 10.8. The lowest BCUT2D eigenvalue weighted by atomic mass is 10.0. The summed E-state index contributed by atoms with van der Waals surface area (Å²) in [7, 11) is 0. The third-order valence-corrected chi connectivity index (χ3v) is 5.00. The Morgan fingerprint density at radius 1 is 1.17 bits per heavy atom. The fraction of sp³-hybridized carbons (Fsp3) is 0.696. The van der Waals surface area contributed by atoms with E-state index in [1.807, 2.05) is 40.7 Å². The summed E-state index contributed by atoms with van der Waals surface area (Å²) in [4.78, 5) is 30.0. The maximum atomic E-state index is 12.9. The highest BCUT2D eigenvalue weighted by Gasteiger charge is 2.31. The van der Waals surface area contributed by atoms with Crippen molar-refractivity contribution in [3.8, 4) is 5.88 Å². The van der Waals surface area contributed by atoms with Gasteiger partial charge in [-0.1, -0.05) is 19.9 Å². The summed E-state index contributed by atoms with van der Waals surface area (Å²) in [5.74, 6) is 1.12. The van der Waals surface area contributed by atoms with Gasteiger partial charge in [0, 0.05) is 5.56 Å². The lowest BCUT2D eigenvalue weighted by Crippen LogP contribution is -2.45. The summed E-state index contributed by atoms with van der Waals surface area (Å²) in [6.07, 6.45) is 5.19. The van der Waals surface area contributed by atoms with Gasteiger partial charge in [-0.3, -0.25) is 4.79 Å². The van der Waals surface area contributed by atoms with Crippen molar-refractivity contribution in [2.24, 2.45) is 11.8 Å². The van der Waals surface area contributed by atoms with Gasteiger partial charge >= 0.3 is 5.97 Å². The van der Waals surface area contributed by atoms with E-state index in [2.05, 4.69) is 10.3 Å². The molecule has 1 N–H and O–H groups in total. The van der Waals surface area contributed by atoms with E-state index >= 15 is 0 Å². The zero-order valence-corrected chi connectivity index (χ0v) is 18.3. The van der Waals surface area contributed by atoms with Gasteiger partial charge in [0.25, 0.3) is 5.91 Å². The Morgan fingerprint density at radius 3 is 2.41 bits per heavy atom. The number of esters is 1. The molecule has 1 heterocycles. The molecule has 29 heavy (non-hydrogen) atoms. The van der Waals surface area contributed by atoms with Gasteiger partial charge < -0.3 is 14.8 Å². The predicted octanol–water partition coefficient (Wildman–Crippen LogP) is 4.23.